The van der Waals surface area contributed by atoms with Crippen molar-refractivity contribution in [2.75, 3.05) is 5.32 Å². The van der Waals surface area contributed by atoms with Crippen molar-refractivity contribution >= 4 is 23.2 Å². The van der Waals surface area contributed by atoms with Gasteiger partial charge in [-0.15, -0.1) is 0 Å². The van der Waals surface area contributed by atoms with Crippen molar-refractivity contribution in [1.29, 1.82) is 0 Å². The van der Waals surface area contributed by atoms with Crippen molar-refractivity contribution in [3.63, 3.8) is 0 Å². The van der Waals surface area contributed by atoms with Gasteiger partial charge in [0.05, 0.1) is 17.6 Å². The van der Waals surface area contributed by atoms with E-state index in [0.717, 1.165) is 17.1 Å². The summed E-state index contributed by atoms with van der Waals surface area (Å²) in [5.41, 5.74) is 3.04. The van der Waals surface area contributed by atoms with E-state index in [0.29, 0.717) is 17.3 Å². The molecule has 7 nitrogen and oxygen atoms in total. The molecule has 3 aromatic heterocycles. The van der Waals surface area contributed by atoms with E-state index in [4.69, 9.17) is 0 Å². The number of imidazole rings is 1. The molecule has 1 aromatic carbocycles. The van der Waals surface area contributed by atoms with Crippen LogP contribution in [0, 0.1) is 0 Å². The average molecular weight is 330 g/mol. The number of benzene rings is 1. The molecule has 0 atom stereocenters. The summed E-state index contributed by atoms with van der Waals surface area (Å²) in [5, 5.41) is 3.14. The number of nitrogens with one attached hydrogen (secondary N) is 1. The number of Topliss-reactive ketones (excluding diaryl/α,β-unsaturated/α-hetero) is 1. The number of aromatic nitrogens is 5. The minimum Gasteiger partial charge on any atom is -0.324 e. The van der Waals surface area contributed by atoms with Crippen molar-refractivity contribution in [1.82, 2.24) is 24.3 Å². The smallest absolute Gasteiger partial charge is 0.234 e. The molecule has 4 aromatic rings. The number of anilines is 2. The minimum atomic E-state index is 0.0333. The van der Waals surface area contributed by atoms with Crippen LogP contribution in [-0.4, -0.2) is 30.1 Å². The van der Waals surface area contributed by atoms with Gasteiger partial charge in [-0.3, -0.25) is 9.20 Å². The molecule has 0 radical (unpaired) electrons. The summed E-state index contributed by atoms with van der Waals surface area (Å²) in [5.74, 6) is 1.11. The number of carbonyl (C=O) groups excluding carboxylic acids is 1. The third kappa shape index (κ3) is 2.94. The van der Waals surface area contributed by atoms with Crippen molar-refractivity contribution in [3.8, 4) is 11.4 Å². The lowest BCUT2D eigenvalue weighted by Gasteiger charge is -2.07. The predicted octanol–water partition coefficient (Wildman–Crippen LogP) is 3.13. The fourth-order valence-electron chi connectivity index (χ4n) is 2.50. The zero-order valence-corrected chi connectivity index (χ0v) is 13.4. The summed E-state index contributed by atoms with van der Waals surface area (Å²) in [6.45, 7) is 1.54. The van der Waals surface area contributed by atoms with E-state index in [1.54, 1.807) is 37.6 Å². The van der Waals surface area contributed by atoms with Crippen LogP contribution in [-0.2, 0) is 0 Å². The molecule has 0 aliphatic carbocycles. The Morgan fingerprint density at radius 1 is 1.04 bits per heavy atom. The Morgan fingerprint density at radius 2 is 1.88 bits per heavy atom. The maximum atomic E-state index is 11.3. The highest BCUT2D eigenvalue weighted by molar-refractivity contribution is 5.94. The van der Waals surface area contributed by atoms with Crippen LogP contribution >= 0.6 is 0 Å². The Balaban J connectivity index is 1.64. The summed E-state index contributed by atoms with van der Waals surface area (Å²) in [7, 11) is 0. The van der Waals surface area contributed by atoms with Gasteiger partial charge in [0, 0.05) is 29.8 Å². The molecule has 0 saturated carbocycles. The molecular weight excluding hydrogens is 316 g/mol. The zero-order chi connectivity index (χ0) is 17.2. The first kappa shape index (κ1) is 14.9. The SMILES string of the molecule is CC(=O)c1ccc(Nc2nccc(-c3cnc4ncccn34)n2)cc1. The lowest BCUT2D eigenvalue weighted by molar-refractivity contribution is 0.101. The Hall–Kier alpha value is -3.61. The van der Waals surface area contributed by atoms with Crippen LogP contribution in [0.3, 0.4) is 0 Å². The lowest BCUT2D eigenvalue weighted by Crippen LogP contribution is -1.99. The minimum absolute atomic E-state index is 0.0333. The Kier molecular flexibility index (Phi) is 3.66. The Bertz CT molecular complexity index is 1050. The molecule has 1 N–H and O–H groups in total. The molecule has 25 heavy (non-hydrogen) atoms. The van der Waals surface area contributed by atoms with Gasteiger partial charge in [-0.1, -0.05) is 0 Å². The highest BCUT2D eigenvalue weighted by atomic mass is 16.1. The van der Waals surface area contributed by atoms with Crippen LogP contribution in [0.25, 0.3) is 17.2 Å². The van der Waals surface area contributed by atoms with Gasteiger partial charge in [-0.2, -0.15) is 0 Å². The van der Waals surface area contributed by atoms with Gasteiger partial charge in [0.2, 0.25) is 11.7 Å². The molecule has 0 bridgehead atoms. The van der Waals surface area contributed by atoms with Gasteiger partial charge >= 0.3 is 0 Å². The van der Waals surface area contributed by atoms with Crippen LogP contribution in [0.2, 0.25) is 0 Å². The third-order valence-corrected chi connectivity index (χ3v) is 3.75. The number of nitrogens with zero attached hydrogens (tertiary/aromatic N) is 5. The fourth-order valence-corrected chi connectivity index (χ4v) is 2.50. The molecular formula is C18H14N6O. The first-order chi connectivity index (χ1) is 12.2. The van der Waals surface area contributed by atoms with Crippen LogP contribution < -0.4 is 5.32 Å². The average Bonchev–Trinajstić information content (AvgIpc) is 3.06. The van der Waals surface area contributed by atoms with E-state index in [1.165, 1.54) is 0 Å². The van der Waals surface area contributed by atoms with Gasteiger partial charge in [0.25, 0.3) is 0 Å². The molecule has 0 unspecified atom stereocenters. The number of rotatable bonds is 4. The number of carbonyl (C=O) groups is 1. The second-order valence-corrected chi connectivity index (χ2v) is 5.46. The van der Waals surface area contributed by atoms with Crippen LogP contribution in [0.5, 0.6) is 0 Å². The highest BCUT2D eigenvalue weighted by Gasteiger charge is 2.09. The quantitative estimate of drug-likeness (QED) is 0.579. The van der Waals surface area contributed by atoms with E-state index in [2.05, 4.69) is 25.3 Å². The highest BCUT2D eigenvalue weighted by Crippen LogP contribution is 2.20. The Morgan fingerprint density at radius 3 is 2.68 bits per heavy atom. The van der Waals surface area contributed by atoms with Crippen LogP contribution in [0.4, 0.5) is 11.6 Å². The van der Waals surface area contributed by atoms with E-state index in [1.807, 2.05) is 34.9 Å². The van der Waals surface area contributed by atoms with Gasteiger partial charge in [-0.05, 0) is 43.3 Å². The van der Waals surface area contributed by atoms with Gasteiger partial charge in [0.15, 0.2) is 5.78 Å². The normalized spacial score (nSPS) is 10.8. The van der Waals surface area contributed by atoms with Gasteiger partial charge in [-0.25, -0.2) is 19.9 Å². The maximum Gasteiger partial charge on any atom is 0.234 e. The molecule has 4 rings (SSSR count). The monoisotopic (exact) mass is 330 g/mol. The second-order valence-electron chi connectivity index (χ2n) is 5.46. The first-order valence-corrected chi connectivity index (χ1v) is 7.70. The Labute approximate surface area is 143 Å². The molecule has 122 valence electrons. The molecule has 0 aliphatic rings. The standard InChI is InChI=1S/C18H14N6O/c1-12(25)13-3-5-14(6-4-13)22-17-19-9-7-15(23-17)16-11-21-18-20-8-2-10-24(16)18/h2-11H,1H3,(H,19,22,23). The van der Waals surface area contributed by atoms with E-state index < -0.39 is 0 Å². The van der Waals surface area contributed by atoms with Gasteiger partial charge in [0.1, 0.15) is 0 Å². The summed E-state index contributed by atoms with van der Waals surface area (Å²) in [4.78, 5) is 28.6. The molecule has 3 heterocycles. The molecule has 7 heteroatoms. The molecule has 0 amide bonds. The molecule has 0 saturated heterocycles. The van der Waals surface area contributed by atoms with Crippen molar-refractivity contribution in [2.24, 2.45) is 0 Å². The summed E-state index contributed by atoms with van der Waals surface area (Å²) in [6, 6.07) is 10.8. The van der Waals surface area contributed by atoms with E-state index in [9.17, 15) is 4.79 Å². The number of hydrogen-bond donors (Lipinski definition) is 1. The first-order valence-electron chi connectivity index (χ1n) is 7.70. The van der Waals surface area contributed by atoms with E-state index >= 15 is 0 Å². The largest absolute Gasteiger partial charge is 0.324 e. The van der Waals surface area contributed by atoms with Crippen LogP contribution in [0.1, 0.15) is 17.3 Å². The third-order valence-electron chi connectivity index (χ3n) is 3.75. The zero-order valence-electron chi connectivity index (χ0n) is 13.4. The lowest BCUT2D eigenvalue weighted by atomic mass is 10.1. The molecule has 0 fully saturated rings. The number of ketones is 1. The summed E-state index contributed by atoms with van der Waals surface area (Å²) >= 11 is 0. The molecule has 0 aliphatic heterocycles. The summed E-state index contributed by atoms with van der Waals surface area (Å²) in [6.07, 6.45) is 7.00. The van der Waals surface area contributed by atoms with Gasteiger partial charge < -0.3 is 5.32 Å². The second kappa shape index (κ2) is 6.12. The van der Waals surface area contributed by atoms with Crippen LogP contribution in [0.15, 0.2) is 61.2 Å². The van der Waals surface area contributed by atoms with Crippen molar-refractivity contribution in [3.05, 3.63) is 66.7 Å². The number of hydrogen-bond acceptors (Lipinski definition) is 6. The molecule has 0 spiro atoms. The summed E-state index contributed by atoms with van der Waals surface area (Å²) < 4.78 is 1.87. The maximum absolute atomic E-state index is 11.3. The van der Waals surface area contributed by atoms with Crippen molar-refractivity contribution < 1.29 is 4.79 Å². The fraction of sp³-hybridized carbons (Fsp3) is 0.0556. The van der Waals surface area contributed by atoms with Crippen molar-refractivity contribution in [2.45, 2.75) is 6.92 Å². The topological polar surface area (TPSA) is 85.1 Å². The van der Waals surface area contributed by atoms with E-state index in [-0.39, 0.29) is 5.78 Å². The predicted molar refractivity (Wildman–Crippen MR) is 93.7 cm³/mol. The number of fused-ring (bicyclic) bond motifs is 1.